The molecule has 1 fully saturated rings. The molecule has 0 amide bonds. The highest BCUT2D eigenvalue weighted by Crippen LogP contribution is 2.29. The van der Waals surface area contributed by atoms with Crippen molar-refractivity contribution >= 4 is 11.6 Å². The first-order valence-electron chi connectivity index (χ1n) is 8.68. The van der Waals surface area contributed by atoms with Gasteiger partial charge in [-0.1, -0.05) is 11.6 Å². The predicted octanol–water partition coefficient (Wildman–Crippen LogP) is 3.79. The van der Waals surface area contributed by atoms with Crippen molar-refractivity contribution in [3.05, 3.63) is 52.9 Å². The smallest absolute Gasteiger partial charge is 0.123 e. The summed E-state index contributed by atoms with van der Waals surface area (Å²) in [6.07, 6.45) is 4.13. The van der Waals surface area contributed by atoms with Crippen molar-refractivity contribution in [1.82, 2.24) is 9.80 Å². The molecule has 0 atom stereocenters. The molecule has 4 nitrogen and oxygen atoms in total. The highest BCUT2D eigenvalue weighted by molar-refractivity contribution is 6.30. The van der Waals surface area contributed by atoms with E-state index in [0.717, 1.165) is 55.9 Å². The summed E-state index contributed by atoms with van der Waals surface area (Å²) in [4.78, 5) is 5.04. The third-order valence-corrected chi connectivity index (χ3v) is 5.30. The van der Waals surface area contributed by atoms with Gasteiger partial charge in [-0.25, -0.2) is 0 Å². The van der Waals surface area contributed by atoms with Crippen LogP contribution in [-0.4, -0.2) is 42.1 Å². The van der Waals surface area contributed by atoms with Gasteiger partial charge >= 0.3 is 0 Å². The van der Waals surface area contributed by atoms with E-state index in [9.17, 15) is 0 Å². The fraction of sp³-hybridized carbons (Fsp3) is 0.474. The van der Waals surface area contributed by atoms with Crippen LogP contribution in [-0.2, 0) is 13.1 Å². The largest absolute Gasteiger partial charge is 0.492 e. The molecule has 128 valence electrons. The van der Waals surface area contributed by atoms with Crippen molar-refractivity contribution in [2.24, 2.45) is 0 Å². The summed E-state index contributed by atoms with van der Waals surface area (Å²) in [5.41, 5.74) is 1.21. The highest BCUT2D eigenvalue weighted by atomic mass is 35.5. The van der Waals surface area contributed by atoms with Crippen LogP contribution in [0, 0.1) is 0 Å². The Morgan fingerprint density at radius 3 is 2.79 bits per heavy atom. The predicted molar refractivity (Wildman–Crippen MR) is 94.4 cm³/mol. The molecule has 2 aliphatic heterocycles. The molecule has 0 radical (unpaired) electrons. The molecule has 4 rings (SSSR count). The van der Waals surface area contributed by atoms with Crippen LogP contribution < -0.4 is 4.74 Å². The second-order valence-corrected chi connectivity index (χ2v) is 7.09. The van der Waals surface area contributed by atoms with Gasteiger partial charge < -0.3 is 9.15 Å². The van der Waals surface area contributed by atoms with Crippen molar-refractivity contribution in [1.29, 1.82) is 0 Å². The van der Waals surface area contributed by atoms with Gasteiger partial charge in [-0.05, 0) is 43.2 Å². The molecule has 2 aliphatic rings. The Morgan fingerprint density at radius 2 is 2.00 bits per heavy atom. The Kier molecular flexibility index (Phi) is 4.79. The minimum Gasteiger partial charge on any atom is -0.492 e. The van der Waals surface area contributed by atoms with Gasteiger partial charge in [0.2, 0.25) is 0 Å². The van der Waals surface area contributed by atoms with Crippen molar-refractivity contribution in [3.8, 4) is 5.75 Å². The first kappa shape index (κ1) is 16.0. The molecule has 1 aromatic heterocycles. The molecule has 2 aromatic rings. The quantitative estimate of drug-likeness (QED) is 0.845. The van der Waals surface area contributed by atoms with E-state index in [4.69, 9.17) is 20.8 Å². The van der Waals surface area contributed by atoms with Crippen LogP contribution in [0.5, 0.6) is 5.75 Å². The summed E-state index contributed by atoms with van der Waals surface area (Å²) in [7, 11) is 0. The van der Waals surface area contributed by atoms with Gasteiger partial charge in [0, 0.05) is 42.8 Å². The number of furan rings is 1. The van der Waals surface area contributed by atoms with Crippen molar-refractivity contribution in [3.63, 3.8) is 0 Å². The van der Waals surface area contributed by atoms with Crippen LogP contribution in [0.4, 0.5) is 0 Å². The number of hydrogen-bond acceptors (Lipinski definition) is 4. The maximum absolute atomic E-state index is 6.16. The second-order valence-electron chi connectivity index (χ2n) is 6.66. The zero-order chi connectivity index (χ0) is 16.4. The molecule has 0 bridgehead atoms. The molecular formula is C19H23ClN2O2. The van der Waals surface area contributed by atoms with Crippen LogP contribution in [0.2, 0.25) is 5.02 Å². The Labute approximate surface area is 147 Å². The summed E-state index contributed by atoms with van der Waals surface area (Å²) in [6, 6.07) is 10.6. The fourth-order valence-electron chi connectivity index (χ4n) is 3.76. The lowest BCUT2D eigenvalue weighted by molar-refractivity contribution is 0.0906. The van der Waals surface area contributed by atoms with E-state index in [1.165, 1.54) is 18.4 Å². The third kappa shape index (κ3) is 3.61. The molecule has 0 N–H and O–H groups in total. The number of ether oxygens (including phenoxy) is 1. The van der Waals surface area contributed by atoms with Crippen LogP contribution >= 0.6 is 11.6 Å². The maximum Gasteiger partial charge on any atom is 0.123 e. The summed E-state index contributed by atoms with van der Waals surface area (Å²) >= 11 is 6.16. The Balaban J connectivity index is 1.37. The van der Waals surface area contributed by atoms with Gasteiger partial charge in [-0.15, -0.1) is 0 Å². The van der Waals surface area contributed by atoms with Gasteiger partial charge in [0.05, 0.1) is 12.8 Å². The van der Waals surface area contributed by atoms with Crippen LogP contribution in [0.1, 0.15) is 24.2 Å². The molecule has 1 saturated heterocycles. The number of halogens is 1. The van der Waals surface area contributed by atoms with Gasteiger partial charge in [-0.2, -0.15) is 0 Å². The second kappa shape index (κ2) is 7.18. The summed E-state index contributed by atoms with van der Waals surface area (Å²) in [5, 5.41) is 0.785. The average Bonchev–Trinajstić information content (AvgIpc) is 3.00. The molecule has 0 spiro atoms. The van der Waals surface area contributed by atoms with Gasteiger partial charge in [0.15, 0.2) is 0 Å². The molecule has 0 unspecified atom stereocenters. The number of nitrogens with zero attached hydrogens (tertiary/aromatic N) is 2. The van der Waals surface area contributed by atoms with Gasteiger partial charge in [0.1, 0.15) is 18.1 Å². The SMILES string of the molecule is Clc1ccc2c(c1)CN(C1CCN(Cc3ccco3)CC1)CCO2. The summed E-state index contributed by atoms with van der Waals surface area (Å²) in [5.74, 6) is 2.04. The van der Waals surface area contributed by atoms with Crippen LogP contribution in [0.25, 0.3) is 0 Å². The van der Waals surface area contributed by atoms with Crippen LogP contribution in [0.3, 0.4) is 0 Å². The topological polar surface area (TPSA) is 28.9 Å². The van der Waals surface area contributed by atoms with E-state index in [2.05, 4.69) is 15.9 Å². The van der Waals surface area contributed by atoms with Crippen molar-refractivity contribution < 1.29 is 9.15 Å². The number of rotatable bonds is 3. The van der Waals surface area contributed by atoms with E-state index in [1.54, 1.807) is 6.26 Å². The summed E-state index contributed by atoms with van der Waals surface area (Å²) in [6.45, 7) is 5.81. The number of fused-ring (bicyclic) bond motifs is 1. The standard InChI is InChI=1S/C19H23ClN2O2/c20-16-3-4-19-15(12-16)13-22(9-11-24-19)17-5-7-21(8-6-17)14-18-2-1-10-23-18/h1-4,10,12,17H,5-9,11,13-14H2. The maximum atomic E-state index is 6.16. The molecule has 0 saturated carbocycles. The number of piperidine rings is 1. The Bertz CT molecular complexity index is 666. The van der Waals surface area contributed by atoms with E-state index in [0.29, 0.717) is 6.04 Å². The lowest BCUT2D eigenvalue weighted by Crippen LogP contribution is -2.45. The van der Waals surface area contributed by atoms with Gasteiger partial charge in [-0.3, -0.25) is 9.80 Å². The van der Waals surface area contributed by atoms with E-state index in [-0.39, 0.29) is 0 Å². The number of hydrogen-bond donors (Lipinski definition) is 0. The molecule has 5 heteroatoms. The zero-order valence-corrected chi connectivity index (χ0v) is 14.5. The lowest BCUT2D eigenvalue weighted by atomic mass is 10.0. The van der Waals surface area contributed by atoms with Crippen molar-refractivity contribution in [2.45, 2.75) is 32.0 Å². The molecule has 1 aromatic carbocycles. The molecular weight excluding hydrogens is 324 g/mol. The molecule has 0 aliphatic carbocycles. The Morgan fingerprint density at radius 1 is 1.12 bits per heavy atom. The van der Waals surface area contributed by atoms with E-state index in [1.807, 2.05) is 24.3 Å². The third-order valence-electron chi connectivity index (χ3n) is 5.07. The van der Waals surface area contributed by atoms with Crippen LogP contribution in [0.15, 0.2) is 41.0 Å². The van der Waals surface area contributed by atoms with E-state index >= 15 is 0 Å². The lowest BCUT2D eigenvalue weighted by Gasteiger charge is -2.37. The Hall–Kier alpha value is -1.49. The van der Waals surface area contributed by atoms with Gasteiger partial charge in [0.25, 0.3) is 0 Å². The monoisotopic (exact) mass is 346 g/mol. The number of benzene rings is 1. The first-order valence-corrected chi connectivity index (χ1v) is 9.06. The first-order chi connectivity index (χ1) is 11.8. The zero-order valence-electron chi connectivity index (χ0n) is 13.8. The average molecular weight is 347 g/mol. The van der Waals surface area contributed by atoms with E-state index < -0.39 is 0 Å². The minimum absolute atomic E-state index is 0.617. The fourth-order valence-corrected chi connectivity index (χ4v) is 3.96. The number of likely N-dealkylation sites (tertiary alicyclic amines) is 1. The highest BCUT2D eigenvalue weighted by Gasteiger charge is 2.27. The normalized spacial score (nSPS) is 20.4. The van der Waals surface area contributed by atoms with Crippen molar-refractivity contribution in [2.75, 3.05) is 26.2 Å². The molecule has 24 heavy (non-hydrogen) atoms. The minimum atomic E-state index is 0.617. The molecule has 3 heterocycles. The summed E-state index contributed by atoms with van der Waals surface area (Å²) < 4.78 is 11.4.